The third kappa shape index (κ3) is 4.89. The van der Waals surface area contributed by atoms with Crippen LogP contribution >= 0.6 is 0 Å². The molecule has 0 aliphatic heterocycles. The van der Waals surface area contributed by atoms with Crippen LogP contribution in [0.1, 0.15) is 24.2 Å². The fraction of sp³-hybridized carbons (Fsp3) is 0.500. The van der Waals surface area contributed by atoms with Crippen LogP contribution in [0.4, 0.5) is 0 Å². The minimum atomic E-state index is -0.913. The van der Waals surface area contributed by atoms with Gasteiger partial charge in [-0.2, -0.15) is 0 Å². The number of likely N-dealkylation sites (N-methyl/N-ethyl adjacent to an activating group) is 1. The minimum Gasteiger partial charge on any atom is -0.493 e. The number of carbonyl (C=O) groups is 1. The van der Waals surface area contributed by atoms with Crippen LogP contribution in [0.3, 0.4) is 0 Å². The number of carboxylic acid groups (broad SMARTS) is 1. The average molecular weight is 267 g/mol. The van der Waals surface area contributed by atoms with Crippen molar-refractivity contribution < 1.29 is 19.7 Å². The first kappa shape index (κ1) is 15.5. The largest absolute Gasteiger partial charge is 0.493 e. The van der Waals surface area contributed by atoms with Gasteiger partial charge < -0.3 is 14.9 Å². The number of aryl methyl sites for hydroxylation is 1. The van der Waals surface area contributed by atoms with Crippen molar-refractivity contribution in [1.82, 2.24) is 4.90 Å². The van der Waals surface area contributed by atoms with Crippen LogP contribution in [0.5, 0.6) is 5.75 Å². The number of nitrogens with zero attached hydrogens (tertiary/aromatic N) is 1. The number of aliphatic carboxylic acids is 1. The van der Waals surface area contributed by atoms with E-state index in [-0.39, 0.29) is 13.1 Å². The normalized spacial score (nSPS) is 12.5. The lowest BCUT2D eigenvalue weighted by Crippen LogP contribution is -2.30. The summed E-state index contributed by atoms with van der Waals surface area (Å²) in [5.74, 6) is -0.270. The first-order valence-corrected chi connectivity index (χ1v) is 6.25. The van der Waals surface area contributed by atoms with Gasteiger partial charge in [-0.05, 0) is 33.0 Å². The molecule has 2 N–H and O–H groups in total. The van der Waals surface area contributed by atoms with Crippen molar-refractivity contribution in [2.45, 2.75) is 20.0 Å². The van der Waals surface area contributed by atoms with Gasteiger partial charge in [-0.1, -0.05) is 11.6 Å². The Bertz CT molecular complexity index is 433. The van der Waals surface area contributed by atoms with Gasteiger partial charge in [-0.15, -0.1) is 0 Å². The van der Waals surface area contributed by atoms with Crippen LogP contribution in [0.2, 0.25) is 0 Å². The van der Waals surface area contributed by atoms with E-state index in [2.05, 4.69) is 0 Å². The van der Waals surface area contributed by atoms with E-state index < -0.39 is 12.1 Å². The van der Waals surface area contributed by atoms with Crippen molar-refractivity contribution in [2.24, 2.45) is 0 Å². The van der Waals surface area contributed by atoms with E-state index in [1.165, 1.54) is 0 Å². The number of rotatable bonds is 7. The molecule has 0 heterocycles. The Morgan fingerprint density at radius 1 is 1.47 bits per heavy atom. The third-order valence-electron chi connectivity index (χ3n) is 2.71. The van der Waals surface area contributed by atoms with E-state index >= 15 is 0 Å². The Morgan fingerprint density at radius 3 is 2.74 bits per heavy atom. The number of carboxylic acids is 1. The maximum absolute atomic E-state index is 10.6. The maximum atomic E-state index is 10.6. The predicted octanol–water partition coefficient (Wildman–Crippen LogP) is 1.44. The van der Waals surface area contributed by atoms with E-state index in [1.807, 2.05) is 32.0 Å². The lowest BCUT2D eigenvalue weighted by molar-refractivity contribution is -0.138. The first-order valence-electron chi connectivity index (χ1n) is 6.25. The lowest BCUT2D eigenvalue weighted by Gasteiger charge is -2.21. The van der Waals surface area contributed by atoms with Gasteiger partial charge in [0.2, 0.25) is 0 Å². The molecule has 5 heteroatoms. The second-order valence-corrected chi connectivity index (χ2v) is 4.58. The summed E-state index contributed by atoms with van der Waals surface area (Å²) in [7, 11) is 1.66. The monoisotopic (exact) mass is 267 g/mol. The van der Waals surface area contributed by atoms with Gasteiger partial charge in [0, 0.05) is 12.1 Å². The number of aliphatic hydroxyl groups is 1. The van der Waals surface area contributed by atoms with Crippen molar-refractivity contribution >= 4 is 5.97 Å². The standard InChI is InChI=1S/C14H21NO4/c1-4-19-13-6-5-10(2)7-11(13)12(16)8-15(3)9-14(17)18/h5-7,12,16H,4,8-9H2,1-3H3,(H,17,18). The first-order chi connectivity index (χ1) is 8.93. The van der Waals surface area contributed by atoms with Crippen molar-refractivity contribution in [2.75, 3.05) is 26.7 Å². The lowest BCUT2D eigenvalue weighted by atomic mass is 10.0. The van der Waals surface area contributed by atoms with E-state index in [0.717, 1.165) is 5.56 Å². The maximum Gasteiger partial charge on any atom is 0.317 e. The molecule has 0 amide bonds. The van der Waals surface area contributed by atoms with Gasteiger partial charge in [0.25, 0.3) is 0 Å². The minimum absolute atomic E-state index is 0.104. The van der Waals surface area contributed by atoms with Crippen LogP contribution in [0, 0.1) is 6.92 Å². The van der Waals surface area contributed by atoms with Gasteiger partial charge in [-0.3, -0.25) is 9.69 Å². The topological polar surface area (TPSA) is 70.0 Å². The Kier molecular flexibility index (Phi) is 5.79. The van der Waals surface area contributed by atoms with Crippen molar-refractivity contribution in [3.8, 4) is 5.75 Å². The highest BCUT2D eigenvalue weighted by Crippen LogP contribution is 2.27. The van der Waals surface area contributed by atoms with Crippen molar-refractivity contribution in [3.05, 3.63) is 29.3 Å². The summed E-state index contributed by atoms with van der Waals surface area (Å²) in [6.45, 7) is 4.48. The highest BCUT2D eigenvalue weighted by Gasteiger charge is 2.17. The summed E-state index contributed by atoms with van der Waals surface area (Å²) in [6.07, 6.45) is -0.772. The Hall–Kier alpha value is -1.59. The van der Waals surface area contributed by atoms with Crippen molar-refractivity contribution in [1.29, 1.82) is 0 Å². The van der Waals surface area contributed by atoms with Crippen LogP contribution < -0.4 is 4.74 Å². The second-order valence-electron chi connectivity index (χ2n) is 4.58. The molecule has 0 spiro atoms. The van der Waals surface area contributed by atoms with E-state index in [9.17, 15) is 9.90 Å². The molecule has 1 aromatic carbocycles. The smallest absolute Gasteiger partial charge is 0.317 e. The molecule has 1 unspecified atom stereocenters. The molecule has 0 saturated carbocycles. The van der Waals surface area contributed by atoms with E-state index in [0.29, 0.717) is 17.9 Å². The molecule has 0 aliphatic carbocycles. The zero-order chi connectivity index (χ0) is 14.4. The number of hydrogen-bond acceptors (Lipinski definition) is 4. The second kappa shape index (κ2) is 7.11. The van der Waals surface area contributed by atoms with Gasteiger partial charge in [-0.25, -0.2) is 0 Å². The quantitative estimate of drug-likeness (QED) is 0.782. The molecule has 0 radical (unpaired) electrons. The fourth-order valence-electron chi connectivity index (χ4n) is 1.90. The molecule has 1 atom stereocenters. The van der Waals surface area contributed by atoms with Crippen LogP contribution in [-0.4, -0.2) is 47.8 Å². The molecular formula is C14H21NO4. The third-order valence-corrected chi connectivity index (χ3v) is 2.71. The Morgan fingerprint density at radius 2 is 2.16 bits per heavy atom. The van der Waals surface area contributed by atoms with Crippen LogP contribution in [0.25, 0.3) is 0 Å². The predicted molar refractivity (Wildman–Crippen MR) is 72.4 cm³/mol. The summed E-state index contributed by atoms with van der Waals surface area (Å²) in [6, 6.07) is 5.61. The van der Waals surface area contributed by atoms with Gasteiger partial charge in [0.1, 0.15) is 5.75 Å². The molecule has 0 aliphatic rings. The molecule has 5 nitrogen and oxygen atoms in total. The number of benzene rings is 1. The zero-order valence-electron chi connectivity index (χ0n) is 11.6. The summed E-state index contributed by atoms with van der Waals surface area (Å²) in [5.41, 5.74) is 1.72. The summed E-state index contributed by atoms with van der Waals surface area (Å²) in [4.78, 5) is 12.2. The number of ether oxygens (including phenoxy) is 1. The van der Waals surface area contributed by atoms with E-state index in [1.54, 1.807) is 11.9 Å². The SMILES string of the molecule is CCOc1ccc(C)cc1C(O)CN(C)CC(=O)O. The van der Waals surface area contributed by atoms with Gasteiger partial charge >= 0.3 is 5.97 Å². The van der Waals surface area contributed by atoms with Gasteiger partial charge in [0.05, 0.1) is 19.3 Å². The number of aliphatic hydroxyl groups excluding tert-OH is 1. The van der Waals surface area contributed by atoms with Crippen LogP contribution in [-0.2, 0) is 4.79 Å². The van der Waals surface area contributed by atoms with Crippen molar-refractivity contribution in [3.63, 3.8) is 0 Å². The van der Waals surface area contributed by atoms with Gasteiger partial charge in [0.15, 0.2) is 0 Å². The molecular weight excluding hydrogens is 246 g/mol. The Labute approximate surface area is 113 Å². The molecule has 0 aromatic heterocycles. The Balaban J connectivity index is 2.82. The molecule has 0 saturated heterocycles. The van der Waals surface area contributed by atoms with E-state index in [4.69, 9.17) is 9.84 Å². The highest BCUT2D eigenvalue weighted by atomic mass is 16.5. The van der Waals surface area contributed by atoms with Crippen LogP contribution in [0.15, 0.2) is 18.2 Å². The molecule has 19 heavy (non-hydrogen) atoms. The molecule has 1 rings (SSSR count). The number of hydrogen-bond donors (Lipinski definition) is 2. The molecule has 0 bridgehead atoms. The fourth-order valence-corrected chi connectivity index (χ4v) is 1.90. The highest BCUT2D eigenvalue weighted by molar-refractivity contribution is 5.69. The summed E-state index contributed by atoms with van der Waals surface area (Å²) in [5, 5.41) is 18.9. The molecule has 1 aromatic rings. The summed E-state index contributed by atoms with van der Waals surface area (Å²) < 4.78 is 5.48. The molecule has 0 fully saturated rings. The molecule has 106 valence electrons. The average Bonchev–Trinajstić information content (AvgIpc) is 2.30. The zero-order valence-corrected chi connectivity index (χ0v) is 11.6. The summed E-state index contributed by atoms with van der Waals surface area (Å²) >= 11 is 0.